The summed E-state index contributed by atoms with van der Waals surface area (Å²) >= 11 is 0. The Kier molecular flexibility index (Phi) is 6.88. The number of fused-ring (bicyclic) bond motifs is 2. The van der Waals surface area contributed by atoms with E-state index in [4.69, 9.17) is 0 Å². The molecule has 3 heteroatoms. The fourth-order valence-electron chi connectivity index (χ4n) is 14.1. The van der Waals surface area contributed by atoms with E-state index in [1.165, 1.54) is 42.7 Å². The topological polar surface area (TPSA) is 3.24 Å². The molecular formula is C53H59B2N. The number of hydrogen-bond acceptors (Lipinski definition) is 1. The summed E-state index contributed by atoms with van der Waals surface area (Å²) in [6.45, 7) is 30.7. The molecule has 1 nitrogen and oxygen atoms in total. The molecule has 0 amide bonds. The average molecular weight is 732 g/mol. The average Bonchev–Trinajstić information content (AvgIpc) is 3.16. The lowest BCUT2D eigenvalue weighted by Crippen LogP contribution is -2.76. The molecule has 6 aliphatic heterocycles. The Balaban J connectivity index is 1.40. The van der Waals surface area contributed by atoms with Crippen LogP contribution in [0.1, 0.15) is 176 Å². The summed E-state index contributed by atoms with van der Waals surface area (Å²) in [5.41, 5.74) is 31.1. The maximum atomic E-state index is 2.87. The SMILES string of the molecule is CCCCc1ccc2c3c1C(C)(C)c1cccc4c1B3c1c3c5c(c(C(C)C)c1C4(C)C)C(C)(C)c1cccc4c1B5c1c(ccc(CCCC)c1C4(C)C)N23. The van der Waals surface area contributed by atoms with Gasteiger partial charge in [0.1, 0.15) is 0 Å². The third-order valence-electron chi connectivity index (χ3n) is 16.2. The minimum atomic E-state index is -0.152. The van der Waals surface area contributed by atoms with Crippen LogP contribution < -0.4 is 37.7 Å². The highest BCUT2D eigenvalue weighted by Crippen LogP contribution is 2.55. The molecular weight excluding hydrogens is 672 g/mol. The van der Waals surface area contributed by atoms with Gasteiger partial charge in [0.05, 0.1) is 0 Å². The van der Waals surface area contributed by atoms with Crippen molar-refractivity contribution in [1.82, 2.24) is 0 Å². The largest absolute Gasteiger partial charge is 0.312 e. The third-order valence-corrected chi connectivity index (χ3v) is 16.2. The van der Waals surface area contributed by atoms with Gasteiger partial charge in [-0.05, 0) is 127 Å². The van der Waals surface area contributed by atoms with Crippen LogP contribution >= 0.6 is 0 Å². The third kappa shape index (κ3) is 3.79. The lowest BCUT2D eigenvalue weighted by molar-refractivity contribution is 0.585. The quantitative estimate of drug-likeness (QED) is 0.148. The Morgan fingerprint density at radius 2 is 0.857 bits per heavy atom. The van der Waals surface area contributed by atoms with Gasteiger partial charge in [-0.3, -0.25) is 0 Å². The van der Waals surface area contributed by atoms with Crippen LogP contribution in [0.25, 0.3) is 0 Å². The summed E-state index contributed by atoms with van der Waals surface area (Å²) in [5.74, 6) is 0.386. The second-order valence-corrected chi connectivity index (χ2v) is 21.0. The van der Waals surface area contributed by atoms with Gasteiger partial charge < -0.3 is 4.90 Å². The highest BCUT2D eigenvalue weighted by molar-refractivity contribution is 7.04. The normalized spacial score (nSPS) is 19.1. The summed E-state index contributed by atoms with van der Waals surface area (Å²) in [6.07, 6.45) is 7.16. The molecule has 0 saturated carbocycles. The molecule has 6 heterocycles. The zero-order valence-corrected chi connectivity index (χ0v) is 36.2. The smallest absolute Gasteiger partial charge is 0.248 e. The fraction of sp³-hybridized carbons (Fsp3) is 0.434. The van der Waals surface area contributed by atoms with Crippen LogP contribution in [0.5, 0.6) is 0 Å². The van der Waals surface area contributed by atoms with Gasteiger partial charge >= 0.3 is 0 Å². The molecule has 0 N–H and O–H groups in total. The van der Waals surface area contributed by atoms with E-state index in [-0.39, 0.29) is 35.1 Å². The van der Waals surface area contributed by atoms with E-state index >= 15 is 0 Å². The summed E-state index contributed by atoms with van der Waals surface area (Å²) in [4.78, 5) is 2.87. The molecule has 0 radical (unpaired) electrons. The Bertz CT molecular complexity index is 2440. The maximum Gasteiger partial charge on any atom is 0.248 e. The first-order chi connectivity index (χ1) is 26.6. The van der Waals surface area contributed by atoms with Gasteiger partial charge in [-0.1, -0.05) is 155 Å². The number of hydrogen-bond donors (Lipinski definition) is 0. The molecule has 282 valence electrons. The molecule has 56 heavy (non-hydrogen) atoms. The van der Waals surface area contributed by atoms with Gasteiger partial charge in [-0.2, -0.15) is 0 Å². The zero-order chi connectivity index (χ0) is 39.2. The van der Waals surface area contributed by atoms with Crippen molar-refractivity contribution in [3.63, 3.8) is 0 Å². The van der Waals surface area contributed by atoms with Crippen LogP contribution in [0.3, 0.4) is 0 Å². The lowest BCUT2D eigenvalue weighted by Gasteiger charge is -2.58. The first kappa shape index (κ1) is 35.2. The van der Waals surface area contributed by atoms with E-state index in [1.807, 2.05) is 0 Å². The van der Waals surface area contributed by atoms with Crippen molar-refractivity contribution in [2.24, 2.45) is 0 Å². The van der Waals surface area contributed by atoms with Crippen LogP contribution in [-0.2, 0) is 34.5 Å². The molecule has 5 aromatic rings. The van der Waals surface area contributed by atoms with E-state index in [0.717, 1.165) is 12.8 Å². The summed E-state index contributed by atoms with van der Waals surface area (Å²) < 4.78 is 0. The first-order valence-corrected chi connectivity index (χ1v) is 22.3. The summed E-state index contributed by atoms with van der Waals surface area (Å²) in [5, 5.41) is 0. The van der Waals surface area contributed by atoms with Crippen molar-refractivity contribution in [2.75, 3.05) is 4.90 Å². The van der Waals surface area contributed by atoms with Gasteiger partial charge in [0.25, 0.3) is 0 Å². The molecule has 5 aromatic carbocycles. The van der Waals surface area contributed by atoms with Crippen molar-refractivity contribution in [3.8, 4) is 0 Å². The molecule has 11 rings (SSSR count). The zero-order valence-electron chi connectivity index (χ0n) is 36.2. The van der Waals surface area contributed by atoms with Gasteiger partial charge in [-0.15, -0.1) is 0 Å². The predicted octanol–water partition coefficient (Wildman–Crippen LogP) is 9.18. The van der Waals surface area contributed by atoms with Gasteiger partial charge in [0.2, 0.25) is 13.4 Å². The predicted molar refractivity (Wildman–Crippen MR) is 243 cm³/mol. The molecule has 0 unspecified atom stereocenters. The minimum absolute atomic E-state index is 0.101. The van der Waals surface area contributed by atoms with E-state index in [1.54, 1.807) is 94.0 Å². The lowest BCUT2D eigenvalue weighted by atomic mass is 9.21. The van der Waals surface area contributed by atoms with E-state index in [2.05, 4.69) is 149 Å². The Hall–Kier alpha value is -3.97. The first-order valence-electron chi connectivity index (χ1n) is 22.3. The van der Waals surface area contributed by atoms with Crippen molar-refractivity contribution >= 4 is 63.3 Å². The van der Waals surface area contributed by atoms with Crippen molar-refractivity contribution in [1.29, 1.82) is 0 Å². The molecule has 0 spiro atoms. The number of nitrogens with zero attached hydrogens (tertiary/aromatic N) is 1. The van der Waals surface area contributed by atoms with E-state index < -0.39 is 0 Å². The second-order valence-electron chi connectivity index (χ2n) is 21.0. The van der Waals surface area contributed by atoms with Gasteiger partial charge in [0, 0.05) is 38.7 Å². The fourth-order valence-corrected chi connectivity index (χ4v) is 14.1. The molecule has 0 bridgehead atoms. The molecule has 0 aliphatic carbocycles. The maximum absolute atomic E-state index is 2.87. The molecule has 0 atom stereocenters. The Morgan fingerprint density at radius 1 is 0.482 bits per heavy atom. The molecule has 0 fully saturated rings. The van der Waals surface area contributed by atoms with E-state index in [9.17, 15) is 0 Å². The molecule has 6 aliphatic rings. The van der Waals surface area contributed by atoms with E-state index in [0.29, 0.717) is 5.92 Å². The van der Waals surface area contributed by atoms with Crippen LogP contribution in [0.15, 0.2) is 60.7 Å². The second kappa shape index (κ2) is 10.9. The van der Waals surface area contributed by atoms with Crippen LogP contribution in [0.4, 0.5) is 17.1 Å². The summed E-state index contributed by atoms with van der Waals surface area (Å²) in [6, 6.07) is 25.1. The van der Waals surface area contributed by atoms with Crippen LogP contribution in [0, 0.1) is 0 Å². The van der Waals surface area contributed by atoms with Crippen molar-refractivity contribution in [3.05, 3.63) is 122 Å². The number of aryl methyl sites for hydroxylation is 2. The van der Waals surface area contributed by atoms with Crippen LogP contribution in [-0.4, -0.2) is 13.4 Å². The number of unbranched alkanes of at least 4 members (excludes halogenated alkanes) is 2. The monoisotopic (exact) mass is 731 g/mol. The number of anilines is 3. The highest BCUT2D eigenvalue weighted by atomic mass is 15.2. The highest BCUT2D eigenvalue weighted by Gasteiger charge is 2.61. The Morgan fingerprint density at radius 3 is 1.21 bits per heavy atom. The Labute approximate surface area is 337 Å². The van der Waals surface area contributed by atoms with Gasteiger partial charge in [-0.25, -0.2) is 0 Å². The molecule has 0 aromatic heterocycles. The van der Waals surface area contributed by atoms with Crippen molar-refractivity contribution in [2.45, 2.75) is 149 Å². The van der Waals surface area contributed by atoms with Crippen LogP contribution in [0.2, 0.25) is 0 Å². The van der Waals surface area contributed by atoms with Crippen molar-refractivity contribution < 1.29 is 0 Å². The van der Waals surface area contributed by atoms with Gasteiger partial charge in [0.15, 0.2) is 0 Å². The number of benzene rings is 5. The molecule has 0 saturated heterocycles. The number of rotatable bonds is 7. The minimum Gasteiger partial charge on any atom is -0.312 e. The standard InChI is InChI=1S/C53H59B2N/c1-13-15-19-30-25-27-36-45-39(30)50(5,6)32-21-17-23-34-43(32)54(45)47-41(52(34,9)10)38(29(3)4)42-48-49(47)56(36)37-28-26-31(20-16-14-2)40-46(37)55(48)44-33(51(40,7)8)22-18-24-35(44)53(42,11)12/h17-18,21-29H,13-16,19-20H2,1-12H3. The summed E-state index contributed by atoms with van der Waals surface area (Å²) in [7, 11) is 0.